The molecule has 8 heteroatoms. The van der Waals surface area contributed by atoms with E-state index in [-0.39, 0.29) is 18.4 Å². The molecule has 2 aliphatic heterocycles. The maximum Gasteiger partial charge on any atom is 0.243 e. The molecule has 0 unspecified atom stereocenters. The first kappa shape index (κ1) is 19.4. The monoisotopic (exact) mass is 374 g/mol. The Morgan fingerprint density at radius 1 is 1.22 bits per heavy atom. The van der Waals surface area contributed by atoms with Crippen molar-refractivity contribution in [2.45, 2.75) is 13.3 Å². The van der Waals surface area contributed by atoms with Gasteiger partial charge in [-0.05, 0) is 32.1 Å². The molecule has 8 nitrogen and oxygen atoms in total. The van der Waals surface area contributed by atoms with E-state index in [9.17, 15) is 9.59 Å². The van der Waals surface area contributed by atoms with Crippen LogP contribution in [0.1, 0.15) is 13.3 Å². The second-order valence-electron chi connectivity index (χ2n) is 7.42. The van der Waals surface area contributed by atoms with Crippen LogP contribution in [-0.4, -0.2) is 81.5 Å². The van der Waals surface area contributed by atoms with E-state index in [4.69, 9.17) is 0 Å². The molecule has 2 aliphatic rings. The van der Waals surface area contributed by atoms with Crippen LogP contribution >= 0.6 is 0 Å². The number of amides is 2. The van der Waals surface area contributed by atoms with Gasteiger partial charge in [-0.25, -0.2) is 0 Å². The van der Waals surface area contributed by atoms with Gasteiger partial charge in [0.25, 0.3) is 0 Å². The van der Waals surface area contributed by atoms with Crippen molar-refractivity contribution < 1.29 is 9.59 Å². The lowest BCUT2D eigenvalue weighted by Crippen LogP contribution is -2.45. The number of hydrogen-bond acceptors (Lipinski definition) is 6. The third kappa shape index (κ3) is 5.11. The number of carbonyl (C=O) groups excluding carboxylic acids is 2. The van der Waals surface area contributed by atoms with E-state index in [0.717, 1.165) is 57.1 Å². The van der Waals surface area contributed by atoms with E-state index >= 15 is 0 Å². The summed E-state index contributed by atoms with van der Waals surface area (Å²) < 4.78 is 0. The van der Waals surface area contributed by atoms with Gasteiger partial charge in [0.2, 0.25) is 11.8 Å². The van der Waals surface area contributed by atoms with E-state index in [1.165, 1.54) is 6.92 Å². The van der Waals surface area contributed by atoms with Crippen LogP contribution in [0.25, 0.3) is 0 Å². The molecule has 0 atom stereocenters. The largest absolute Gasteiger partial charge is 0.374 e. The van der Waals surface area contributed by atoms with Crippen molar-refractivity contribution in [1.82, 2.24) is 9.80 Å². The molecule has 27 heavy (non-hydrogen) atoms. The van der Waals surface area contributed by atoms with E-state index in [1.807, 2.05) is 19.2 Å². The second-order valence-corrected chi connectivity index (χ2v) is 7.42. The maximum atomic E-state index is 11.6. The molecule has 0 saturated carbocycles. The summed E-state index contributed by atoms with van der Waals surface area (Å²) in [5.74, 6) is -0.207. The zero-order valence-corrected chi connectivity index (χ0v) is 16.5. The Labute approximate surface area is 160 Å². The van der Waals surface area contributed by atoms with Crippen molar-refractivity contribution in [3.05, 3.63) is 12.1 Å². The number of fused-ring (bicyclic) bond motifs is 1. The number of hydrogen-bond donors (Lipinski definition) is 3. The highest BCUT2D eigenvalue weighted by atomic mass is 16.2. The molecule has 2 amide bonds. The van der Waals surface area contributed by atoms with Gasteiger partial charge in [0.05, 0.1) is 29.3 Å². The van der Waals surface area contributed by atoms with Crippen LogP contribution in [0.5, 0.6) is 0 Å². The number of rotatable bonds is 6. The number of anilines is 4. The lowest BCUT2D eigenvalue weighted by atomic mass is 10.1. The number of nitrogens with one attached hydrogen (secondary N) is 3. The van der Waals surface area contributed by atoms with Gasteiger partial charge in [0.1, 0.15) is 0 Å². The number of likely N-dealkylation sites (N-methyl/N-ethyl adjacent to an activating group) is 1. The SMILES string of the molecule is CC(=O)Nc1cc2c(cc1N(C)CCCN1CCN(C)CC1)NCC(=O)N2. The first-order chi connectivity index (χ1) is 12.9. The molecule has 1 aromatic rings. The van der Waals surface area contributed by atoms with Gasteiger partial charge in [0.15, 0.2) is 0 Å². The Bertz CT molecular complexity index is 700. The molecule has 0 aliphatic carbocycles. The molecular weight excluding hydrogens is 344 g/mol. The van der Waals surface area contributed by atoms with Crippen molar-refractivity contribution in [2.24, 2.45) is 0 Å². The molecular formula is C19H30N6O2. The van der Waals surface area contributed by atoms with Gasteiger partial charge in [-0.1, -0.05) is 0 Å². The standard InChI is InChI=1S/C19H30N6O2/c1-14(26)21-17-11-16-15(20-13-19(27)22-16)12-18(17)24(3)5-4-6-25-9-7-23(2)8-10-25/h11-12,20H,4-10,13H2,1-3H3,(H,21,26)(H,22,27). The molecule has 2 heterocycles. The molecule has 0 aromatic heterocycles. The summed E-state index contributed by atoms with van der Waals surface area (Å²) in [6.07, 6.45) is 1.06. The van der Waals surface area contributed by atoms with Crippen molar-refractivity contribution in [3.8, 4) is 0 Å². The molecule has 3 N–H and O–H groups in total. The molecule has 148 valence electrons. The highest BCUT2D eigenvalue weighted by Gasteiger charge is 2.19. The van der Waals surface area contributed by atoms with Crippen molar-refractivity contribution in [2.75, 3.05) is 80.8 Å². The smallest absolute Gasteiger partial charge is 0.243 e. The van der Waals surface area contributed by atoms with Gasteiger partial charge in [-0.3, -0.25) is 9.59 Å². The van der Waals surface area contributed by atoms with Crippen LogP contribution in [0.15, 0.2) is 12.1 Å². The van der Waals surface area contributed by atoms with Crippen LogP contribution < -0.4 is 20.9 Å². The van der Waals surface area contributed by atoms with Crippen molar-refractivity contribution in [1.29, 1.82) is 0 Å². The van der Waals surface area contributed by atoms with Crippen LogP contribution in [-0.2, 0) is 9.59 Å². The molecule has 3 rings (SSSR count). The second kappa shape index (κ2) is 8.58. The first-order valence-corrected chi connectivity index (χ1v) is 9.54. The summed E-state index contributed by atoms with van der Waals surface area (Å²) >= 11 is 0. The summed E-state index contributed by atoms with van der Waals surface area (Å²) in [6, 6.07) is 3.82. The van der Waals surface area contributed by atoms with Crippen molar-refractivity contribution >= 4 is 34.6 Å². The number of nitrogens with zero attached hydrogens (tertiary/aromatic N) is 3. The summed E-state index contributed by atoms with van der Waals surface area (Å²) in [5.41, 5.74) is 3.24. The lowest BCUT2D eigenvalue weighted by Gasteiger charge is -2.33. The van der Waals surface area contributed by atoms with Gasteiger partial charge < -0.3 is 30.7 Å². The average Bonchev–Trinajstić information content (AvgIpc) is 2.62. The highest BCUT2D eigenvalue weighted by Crippen LogP contribution is 2.36. The highest BCUT2D eigenvalue weighted by molar-refractivity contribution is 6.04. The molecule has 1 saturated heterocycles. The molecule has 0 spiro atoms. The van der Waals surface area contributed by atoms with E-state index in [1.54, 1.807) is 0 Å². The molecule has 1 aromatic carbocycles. The summed E-state index contributed by atoms with van der Waals surface area (Å²) in [4.78, 5) is 30.3. The predicted molar refractivity (Wildman–Crippen MR) is 110 cm³/mol. The zero-order valence-electron chi connectivity index (χ0n) is 16.5. The molecule has 0 radical (unpaired) electrons. The fourth-order valence-corrected chi connectivity index (χ4v) is 3.54. The predicted octanol–water partition coefficient (Wildman–Crippen LogP) is 1.08. The minimum Gasteiger partial charge on any atom is -0.374 e. The fraction of sp³-hybridized carbons (Fsp3) is 0.579. The normalized spacial score (nSPS) is 17.7. The summed E-state index contributed by atoms with van der Waals surface area (Å²) in [6.45, 7) is 8.23. The lowest BCUT2D eigenvalue weighted by molar-refractivity contribution is -0.115. The Kier molecular flexibility index (Phi) is 6.18. The van der Waals surface area contributed by atoms with Gasteiger partial charge >= 0.3 is 0 Å². The topological polar surface area (TPSA) is 80.0 Å². The van der Waals surface area contributed by atoms with Crippen LogP contribution in [0, 0.1) is 0 Å². The van der Waals surface area contributed by atoms with E-state index < -0.39 is 0 Å². The molecule has 1 fully saturated rings. The van der Waals surface area contributed by atoms with Gasteiger partial charge in [0, 0.05) is 46.7 Å². The number of benzene rings is 1. The summed E-state index contributed by atoms with van der Waals surface area (Å²) in [7, 11) is 4.21. The third-order valence-corrected chi connectivity index (χ3v) is 5.14. The van der Waals surface area contributed by atoms with Crippen LogP contribution in [0.2, 0.25) is 0 Å². The maximum absolute atomic E-state index is 11.6. The Hall–Kier alpha value is -2.32. The Balaban J connectivity index is 1.66. The Morgan fingerprint density at radius 3 is 2.67 bits per heavy atom. The van der Waals surface area contributed by atoms with Crippen LogP contribution in [0.3, 0.4) is 0 Å². The minimum absolute atomic E-state index is 0.0791. The van der Waals surface area contributed by atoms with Crippen LogP contribution in [0.4, 0.5) is 22.7 Å². The zero-order chi connectivity index (χ0) is 19.4. The molecule has 0 bridgehead atoms. The quantitative estimate of drug-likeness (QED) is 0.692. The summed E-state index contributed by atoms with van der Waals surface area (Å²) in [5, 5.41) is 8.87. The number of carbonyl (C=O) groups is 2. The van der Waals surface area contributed by atoms with Gasteiger partial charge in [-0.15, -0.1) is 0 Å². The van der Waals surface area contributed by atoms with E-state index in [2.05, 4.69) is 37.7 Å². The average molecular weight is 374 g/mol. The van der Waals surface area contributed by atoms with Crippen molar-refractivity contribution in [3.63, 3.8) is 0 Å². The van der Waals surface area contributed by atoms with E-state index in [0.29, 0.717) is 11.4 Å². The van der Waals surface area contributed by atoms with Gasteiger partial charge in [-0.2, -0.15) is 0 Å². The third-order valence-electron chi connectivity index (χ3n) is 5.14. The number of piperazine rings is 1. The first-order valence-electron chi connectivity index (χ1n) is 9.54. The minimum atomic E-state index is -0.128. The Morgan fingerprint density at radius 2 is 1.96 bits per heavy atom. The fourth-order valence-electron chi connectivity index (χ4n) is 3.54.